The van der Waals surface area contributed by atoms with Gasteiger partial charge in [0.05, 0.1) is 30.6 Å². The van der Waals surface area contributed by atoms with Crippen molar-refractivity contribution < 1.29 is 23.4 Å². The molecule has 4 rings (SSSR count). The third-order valence-electron chi connectivity index (χ3n) is 6.41. The summed E-state index contributed by atoms with van der Waals surface area (Å²) in [7, 11) is -3.85. The van der Waals surface area contributed by atoms with Crippen LogP contribution >= 0.6 is 7.52 Å². The highest BCUT2D eigenvalue weighted by Gasteiger charge is 2.40. The van der Waals surface area contributed by atoms with Crippen molar-refractivity contribution in [3.05, 3.63) is 42.5 Å². The number of rotatable bonds is 11. The molecule has 2 aromatic heterocycles. The number of carbonyl (C=O) groups is 1. The predicted molar refractivity (Wildman–Crippen MR) is 145 cm³/mol. The Morgan fingerprint density at radius 1 is 1.28 bits per heavy atom. The van der Waals surface area contributed by atoms with Gasteiger partial charge in [0.25, 0.3) is 0 Å². The van der Waals surface area contributed by atoms with Crippen LogP contribution in [-0.2, 0) is 25.4 Å². The zero-order valence-electron chi connectivity index (χ0n) is 22.4. The fraction of sp³-hybridized carbons (Fsp3) is 0.500. The third kappa shape index (κ3) is 7.32. The first kappa shape index (κ1) is 28.5. The van der Waals surface area contributed by atoms with Gasteiger partial charge in [-0.25, -0.2) is 20.0 Å². The molecule has 0 spiro atoms. The minimum absolute atomic E-state index is 0.154. The van der Waals surface area contributed by atoms with Gasteiger partial charge in [0.1, 0.15) is 35.6 Å². The number of aromatic nitrogens is 4. The quantitative estimate of drug-likeness (QED) is 0.257. The van der Waals surface area contributed by atoms with Crippen molar-refractivity contribution in [1.82, 2.24) is 24.6 Å². The molecule has 0 amide bonds. The van der Waals surface area contributed by atoms with Crippen molar-refractivity contribution in [3.8, 4) is 11.8 Å². The van der Waals surface area contributed by atoms with Crippen LogP contribution in [0.3, 0.4) is 0 Å². The Bertz CT molecular complexity index is 1400. The molecule has 12 nitrogen and oxygen atoms in total. The molecular formula is C26H34N7O5P. The highest BCUT2D eigenvalue weighted by Crippen LogP contribution is 2.46. The molecule has 0 aliphatic heterocycles. The van der Waals surface area contributed by atoms with Crippen LogP contribution in [0.25, 0.3) is 11.2 Å². The smallest absolute Gasteiger partial charge is 0.342 e. The Labute approximate surface area is 227 Å². The molecule has 0 saturated heterocycles. The van der Waals surface area contributed by atoms with Crippen LogP contribution in [-0.4, -0.2) is 49.6 Å². The summed E-state index contributed by atoms with van der Waals surface area (Å²) in [4.78, 5) is 25.5. The molecule has 1 fully saturated rings. The first-order chi connectivity index (χ1) is 18.6. The predicted octanol–water partition coefficient (Wildman–Crippen LogP) is 4.16. The van der Waals surface area contributed by atoms with Crippen molar-refractivity contribution in [2.24, 2.45) is 0 Å². The maximum Gasteiger partial charge on any atom is 0.342 e. The van der Waals surface area contributed by atoms with Crippen molar-refractivity contribution in [2.75, 3.05) is 12.1 Å². The van der Waals surface area contributed by atoms with Gasteiger partial charge >= 0.3 is 13.5 Å². The van der Waals surface area contributed by atoms with Crippen LogP contribution in [0.15, 0.2) is 36.9 Å². The monoisotopic (exact) mass is 555 g/mol. The molecule has 1 aliphatic carbocycles. The average Bonchev–Trinajstić information content (AvgIpc) is 3.31. The van der Waals surface area contributed by atoms with E-state index in [1.54, 1.807) is 49.9 Å². The molecule has 1 unspecified atom stereocenters. The van der Waals surface area contributed by atoms with Crippen molar-refractivity contribution in [2.45, 2.75) is 77.2 Å². The van der Waals surface area contributed by atoms with Gasteiger partial charge in [-0.2, -0.15) is 5.26 Å². The van der Waals surface area contributed by atoms with E-state index in [1.165, 1.54) is 12.4 Å². The van der Waals surface area contributed by atoms with E-state index in [0.717, 1.165) is 32.1 Å². The van der Waals surface area contributed by atoms with Crippen LogP contribution in [0.1, 0.15) is 58.4 Å². The Morgan fingerprint density at radius 3 is 2.79 bits per heavy atom. The standard InChI is InChI=1S/C26H34N7O5P/c1-18(14-33-16-31-22-23(28)29-15-30-24(22)33)36-17-39(35,38-21-11-7-8-19(12-21)13-27)32-26(2,3)25(34)37-20-9-5-4-6-10-20/h7-8,11-12,15-16,18,20H,4-6,9-10,14,17H2,1-3H3,(H,32,35)(H2,28,29,30)/t18-,39?/m1/s1. The zero-order valence-corrected chi connectivity index (χ0v) is 23.3. The van der Waals surface area contributed by atoms with E-state index in [-0.39, 0.29) is 24.0 Å². The van der Waals surface area contributed by atoms with Gasteiger partial charge in [-0.05, 0) is 64.7 Å². The summed E-state index contributed by atoms with van der Waals surface area (Å²) in [5.74, 6) is -0.0269. The lowest BCUT2D eigenvalue weighted by atomic mass is 9.97. The number of nitriles is 1. The number of nitrogens with zero attached hydrogens (tertiary/aromatic N) is 5. The molecular weight excluding hydrogens is 521 g/mol. The molecule has 0 bridgehead atoms. The second-order valence-corrected chi connectivity index (χ2v) is 12.3. The largest absolute Gasteiger partial charge is 0.461 e. The third-order valence-corrected chi connectivity index (χ3v) is 8.31. The number of esters is 1. The molecule has 39 heavy (non-hydrogen) atoms. The van der Waals surface area contributed by atoms with Crippen LogP contribution in [0, 0.1) is 11.3 Å². The number of anilines is 1. The lowest BCUT2D eigenvalue weighted by Crippen LogP contribution is -2.48. The van der Waals surface area contributed by atoms with E-state index in [0.29, 0.717) is 23.3 Å². The second-order valence-electron chi connectivity index (χ2n) is 10.2. The number of benzene rings is 1. The Balaban J connectivity index is 1.49. The number of ether oxygens (including phenoxy) is 2. The second kappa shape index (κ2) is 12.1. The van der Waals surface area contributed by atoms with E-state index in [1.807, 2.05) is 6.07 Å². The average molecular weight is 556 g/mol. The summed E-state index contributed by atoms with van der Waals surface area (Å²) in [6, 6.07) is 8.34. The minimum Gasteiger partial charge on any atom is -0.461 e. The molecule has 3 N–H and O–H groups in total. The summed E-state index contributed by atoms with van der Waals surface area (Å²) in [6.07, 6.45) is 6.78. The van der Waals surface area contributed by atoms with Crippen molar-refractivity contribution >= 4 is 30.5 Å². The summed E-state index contributed by atoms with van der Waals surface area (Å²) in [5.41, 5.74) is 5.92. The fourth-order valence-electron chi connectivity index (χ4n) is 4.41. The zero-order chi connectivity index (χ0) is 28.0. The van der Waals surface area contributed by atoms with E-state index in [2.05, 4.69) is 20.0 Å². The SMILES string of the molecule is C[C@H](Cn1cnc2c(N)ncnc21)OCP(=O)(NC(C)(C)C(=O)OC1CCCCC1)Oc1cccc(C#N)c1. The number of fused-ring (bicyclic) bond motifs is 1. The van der Waals surface area contributed by atoms with Crippen molar-refractivity contribution in [3.63, 3.8) is 0 Å². The summed E-state index contributed by atoms with van der Waals surface area (Å²) in [5, 5.41) is 12.2. The van der Waals surface area contributed by atoms with E-state index in [9.17, 15) is 14.6 Å². The van der Waals surface area contributed by atoms with Crippen LogP contribution in [0.2, 0.25) is 0 Å². The Kier molecular flexibility index (Phi) is 8.85. The van der Waals surface area contributed by atoms with E-state index >= 15 is 0 Å². The van der Waals surface area contributed by atoms with Crippen LogP contribution < -0.4 is 15.3 Å². The topological polar surface area (TPSA) is 167 Å². The maximum atomic E-state index is 14.2. The number of nitrogens with one attached hydrogen (secondary N) is 1. The van der Waals surface area contributed by atoms with Gasteiger partial charge in [0, 0.05) is 0 Å². The number of hydrogen-bond acceptors (Lipinski definition) is 10. The summed E-state index contributed by atoms with van der Waals surface area (Å²) in [6.45, 7) is 5.35. The molecule has 0 radical (unpaired) electrons. The highest BCUT2D eigenvalue weighted by atomic mass is 31.2. The van der Waals surface area contributed by atoms with Gasteiger partial charge in [-0.3, -0.25) is 9.36 Å². The number of nitrogen functional groups attached to an aromatic ring is 1. The molecule has 1 aliphatic rings. The molecule has 1 aromatic carbocycles. The van der Waals surface area contributed by atoms with Crippen LogP contribution in [0.4, 0.5) is 5.82 Å². The number of carbonyl (C=O) groups excluding carboxylic acids is 1. The fourth-order valence-corrected chi connectivity index (χ4v) is 6.43. The van der Waals surface area contributed by atoms with Crippen LogP contribution in [0.5, 0.6) is 5.75 Å². The Hall–Kier alpha value is -3.52. The van der Waals surface area contributed by atoms with Gasteiger partial charge in [0.15, 0.2) is 11.5 Å². The first-order valence-corrected chi connectivity index (χ1v) is 14.7. The normalized spacial score (nSPS) is 16.8. The van der Waals surface area contributed by atoms with E-state index in [4.69, 9.17) is 19.7 Å². The molecule has 2 heterocycles. The van der Waals surface area contributed by atoms with Crippen molar-refractivity contribution in [1.29, 1.82) is 5.26 Å². The lowest BCUT2D eigenvalue weighted by molar-refractivity contribution is -0.156. The first-order valence-electron chi connectivity index (χ1n) is 12.9. The number of hydrogen-bond donors (Lipinski definition) is 2. The lowest BCUT2D eigenvalue weighted by Gasteiger charge is -2.32. The number of imidazole rings is 1. The van der Waals surface area contributed by atoms with Gasteiger partial charge in [-0.15, -0.1) is 0 Å². The van der Waals surface area contributed by atoms with Gasteiger partial charge < -0.3 is 24.3 Å². The minimum atomic E-state index is -3.85. The van der Waals surface area contributed by atoms with E-state index < -0.39 is 25.1 Å². The molecule has 2 atom stereocenters. The molecule has 1 saturated carbocycles. The summed E-state index contributed by atoms with van der Waals surface area (Å²) < 4.78 is 33.5. The molecule has 13 heteroatoms. The van der Waals surface area contributed by atoms with Gasteiger partial charge in [0.2, 0.25) is 0 Å². The Morgan fingerprint density at radius 2 is 2.05 bits per heavy atom. The molecule has 208 valence electrons. The number of nitrogens with two attached hydrogens (primary N) is 1. The maximum absolute atomic E-state index is 14.2. The van der Waals surface area contributed by atoms with Gasteiger partial charge in [-0.1, -0.05) is 12.5 Å². The molecule has 3 aromatic rings. The highest BCUT2D eigenvalue weighted by molar-refractivity contribution is 7.57. The summed E-state index contributed by atoms with van der Waals surface area (Å²) >= 11 is 0.